The molecule has 50 heavy (non-hydrogen) atoms. The Balaban J connectivity index is 1.28. The number of nitriles is 2. The molecule has 2 heterocycles. The zero-order valence-electron chi connectivity index (χ0n) is 27.8. The number of benzene rings is 6. The molecule has 0 radical (unpaired) electrons. The van der Waals surface area contributed by atoms with Crippen molar-refractivity contribution >= 4 is 43.6 Å². The van der Waals surface area contributed by atoms with Crippen molar-refractivity contribution in [2.24, 2.45) is 0 Å². The van der Waals surface area contributed by atoms with Crippen molar-refractivity contribution in [3.8, 4) is 57.6 Å². The monoisotopic (exact) mass is 654 g/mol. The lowest BCUT2D eigenvalue weighted by molar-refractivity contribution is 0.415. The van der Waals surface area contributed by atoms with E-state index in [-0.39, 0.29) is 0 Å². The third-order valence-corrected chi connectivity index (χ3v) is 9.41. The topological polar surface area (TPSA) is 94.4 Å². The summed E-state index contributed by atoms with van der Waals surface area (Å²) in [6.45, 7) is 0. The summed E-state index contributed by atoms with van der Waals surface area (Å²) in [6.07, 6.45) is 0. The summed E-state index contributed by atoms with van der Waals surface area (Å²) in [5, 5.41) is 24.9. The molecule has 0 unspecified atom stereocenters. The molecule has 0 fully saturated rings. The van der Waals surface area contributed by atoms with Crippen LogP contribution >= 0.6 is 0 Å². The Hall–Kier alpha value is -6.90. The van der Waals surface area contributed by atoms with Gasteiger partial charge in [0.15, 0.2) is 0 Å². The van der Waals surface area contributed by atoms with Crippen LogP contribution in [0.3, 0.4) is 0 Å². The Labute approximate surface area is 288 Å². The third kappa shape index (κ3) is 4.66. The fourth-order valence-corrected chi connectivity index (χ4v) is 7.02. The molecule has 0 spiro atoms. The number of hydrogen-bond donors (Lipinski definition) is 0. The highest BCUT2D eigenvalue weighted by Gasteiger charge is 2.19. The fourth-order valence-electron chi connectivity index (χ4n) is 7.02. The maximum atomic E-state index is 10.5. The van der Waals surface area contributed by atoms with E-state index >= 15 is 0 Å². The average molecular weight is 655 g/mol. The highest BCUT2D eigenvalue weighted by Crippen LogP contribution is 2.40. The molecule has 0 aliphatic rings. The molecule has 0 bridgehead atoms. The number of methoxy groups -OCH3 is 4. The van der Waals surface area contributed by atoms with Gasteiger partial charge in [0.1, 0.15) is 23.0 Å². The minimum atomic E-state index is 0.458. The summed E-state index contributed by atoms with van der Waals surface area (Å²) in [5.41, 5.74) is 7.80. The van der Waals surface area contributed by atoms with Gasteiger partial charge in [-0.25, -0.2) is 0 Å². The molecule has 0 N–H and O–H groups in total. The SMILES string of the molecule is COc1ccc2c(c1)c1cc(OC)ccc1n2-c1ccc(-c2ccc(-n3c4ccc(OC)cc4c4cc(OC)ccc43)cc2C#N)c(C#N)c1. The number of nitrogens with zero attached hydrogens (tertiary/aromatic N) is 4. The smallest absolute Gasteiger partial charge is 0.119 e. The van der Waals surface area contributed by atoms with E-state index in [4.69, 9.17) is 18.9 Å². The lowest BCUT2D eigenvalue weighted by Gasteiger charge is -2.14. The van der Waals surface area contributed by atoms with Gasteiger partial charge in [0.2, 0.25) is 0 Å². The Bertz CT molecular complexity index is 2430. The largest absolute Gasteiger partial charge is 0.497 e. The predicted octanol–water partition coefficient (Wildman–Crippen LogP) is 9.33. The lowest BCUT2D eigenvalue weighted by Crippen LogP contribution is -1.99. The normalized spacial score (nSPS) is 11.2. The minimum Gasteiger partial charge on any atom is -0.497 e. The van der Waals surface area contributed by atoms with Crippen LogP contribution in [0.1, 0.15) is 11.1 Å². The molecule has 0 aliphatic carbocycles. The number of ether oxygens (including phenoxy) is 4. The van der Waals surface area contributed by atoms with Crippen LogP contribution in [0.4, 0.5) is 0 Å². The summed E-state index contributed by atoms with van der Waals surface area (Å²) < 4.78 is 26.4. The summed E-state index contributed by atoms with van der Waals surface area (Å²) in [4.78, 5) is 0. The second-order valence-corrected chi connectivity index (χ2v) is 11.9. The van der Waals surface area contributed by atoms with Crippen molar-refractivity contribution in [2.45, 2.75) is 0 Å². The van der Waals surface area contributed by atoms with Crippen molar-refractivity contribution < 1.29 is 18.9 Å². The number of fused-ring (bicyclic) bond motifs is 6. The van der Waals surface area contributed by atoms with Crippen molar-refractivity contribution in [3.63, 3.8) is 0 Å². The summed E-state index contributed by atoms with van der Waals surface area (Å²) in [7, 11) is 6.61. The zero-order valence-corrected chi connectivity index (χ0v) is 27.8. The van der Waals surface area contributed by atoms with Crippen LogP contribution in [0.25, 0.3) is 66.1 Å². The van der Waals surface area contributed by atoms with Gasteiger partial charge in [-0.1, -0.05) is 12.1 Å². The molecule has 8 rings (SSSR count). The lowest BCUT2D eigenvalue weighted by atomic mass is 9.95. The molecule has 0 saturated heterocycles. The first kappa shape index (κ1) is 30.4. The molecule has 8 aromatic rings. The number of hydrogen-bond acceptors (Lipinski definition) is 6. The molecule has 242 valence electrons. The fraction of sp³-hybridized carbons (Fsp3) is 0.0952. The molecule has 2 aromatic heterocycles. The molecule has 6 aromatic carbocycles. The molecular formula is C42H30N4O4. The van der Waals surface area contributed by atoms with Crippen LogP contribution in [0.2, 0.25) is 0 Å². The van der Waals surface area contributed by atoms with E-state index in [2.05, 4.69) is 21.3 Å². The zero-order chi connectivity index (χ0) is 34.5. The quantitative estimate of drug-likeness (QED) is 0.170. The van der Waals surface area contributed by atoms with Crippen LogP contribution in [0.15, 0.2) is 109 Å². The maximum absolute atomic E-state index is 10.5. The first-order valence-corrected chi connectivity index (χ1v) is 15.9. The molecule has 0 amide bonds. The number of aromatic nitrogens is 2. The molecule has 0 atom stereocenters. The van der Waals surface area contributed by atoms with E-state index < -0.39 is 0 Å². The second-order valence-electron chi connectivity index (χ2n) is 11.9. The maximum Gasteiger partial charge on any atom is 0.119 e. The van der Waals surface area contributed by atoms with E-state index in [1.54, 1.807) is 28.4 Å². The van der Waals surface area contributed by atoms with Gasteiger partial charge in [-0.15, -0.1) is 0 Å². The standard InChI is InChI=1S/C42H30N4O4/c1-47-29-7-13-39-35(19-29)36-20-30(48-2)8-14-40(36)45(39)27-5-11-33(25(17-27)23-43)34-12-6-28(18-26(34)24-44)46-41-15-9-31(49-3)21-37(41)38-22-32(50-4)10-16-42(38)46/h5-22H,1-4H3. The summed E-state index contributed by atoms with van der Waals surface area (Å²) in [5.74, 6) is 3.00. The Morgan fingerprint density at radius 1 is 0.400 bits per heavy atom. The van der Waals surface area contributed by atoms with E-state index in [0.717, 1.165) is 78.0 Å². The first-order chi connectivity index (χ1) is 24.5. The van der Waals surface area contributed by atoms with Crippen LogP contribution in [0, 0.1) is 22.7 Å². The third-order valence-electron chi connectivity index (χ3n) is 9.41. The van der Waals surface area contributed by atoms with E-state index in [9.17, 15) is 10.5 Å². The molecular weight excluding hydrogens is 624 g/mol. The van der Waals surface area contributed by atoms with E-state index in [1.165, 1.54) is 0 Å². The second kappa shape index (κ2) is 12.0. The van der Waals surface area contributed by atoms with Crippen molar-refractivity contribution in [3.05, 3.63) is 120 Å². The van der Waals surface area contributed by atoms with E-state index in [0.29, 0.717) is 22.3 Å². The molecule has 8 heteroatoms. The average Bonchev–Trinajstić information content (AvgIpc) is 3.68. The van der Waals surface area contributed by atoms with Gasteiger partial charge in [-0.2, -0.15) is 10.5 Å². The van der Waals surface area contributed by atoms with Crippen LogP contribution in [-0.2, 0) is 0 Å². The number of rotatable bonds is 7. The van der Waals surface area contributed by atoms with Crippen LogP contribution in [0.5, 0.6) is 23.0 Å². The summed E-state index contributed by atoms with van der Waals surface area (Å²) >= 11 is 0. The minimum absolute atomic E-state index is 0.458. The van der Waals surface area contributed by atoms with Gasteiger partial charge in [0.25, 0.3) is 0 Å². The first-order valence-electron chi connectivity index (χ1n) is 15.9. The van der Waals surface area contributed by atoms with Gasteiger partial charge >= 0.3 is 0 Å². The van der Waals surface area contributed by atoms with Gasteiger partial charge in [-0.3, -0.25) is 0 Å². The summed E-state index contributed by atoms with van der Waals surface area (Å²) in [6, 6.07) is 40.3. The Morgan fingerprint density at radius 2 is 0.700 bits per heavy atom. The van der Waals surface area contributed by atoms with Gasteiger partial charge in [-0.05, 0) is 97.1 Å². The van der Waals surface area contributed by atoms with Crippen molar-refractivity contribution in [1.29, 1.82) is 10.5 Å². The van der Waals surface area contributed by atoms with Crippen molar-refractivity contribution in [1.82, 2.24) is 9.13 Å². The van der Waals surface area contributed by atoms with Gasteiger partial charge in [0, 0.05) is 44.0 Å². The molecule has 8 nitrogen and oxygen atoms in total. The van der Waals surface area contributed by atoms with Crippen LogP contribution in [-0.4, -0.2) is 37.6 Å². The Kier molecular flexibility index (Phi) is 7.28. The van der Waals surface area contributed by atoms with Gasteiger partial charge < -0.3 is 28.1 Å². The van der Waals surface area contributed by atoms with Crippen LogP contribution < -0.4 is 18.9 Å². The predicted molar refractivity (Wildman–Crippen MR) is 196 cm³/mol. The van der Waals surface area contributed by atoms with E-state index in [1.807, 2.05) is 109 Å². The highest BCUT2D eigenvalue weighted by atomic mass is 16.5. The molecule has 0 saturated carbocycles. The highest BCUT2D eigenvalue weighted by molar-refractivity contribution is 6.11. The molecule has 0 aliphatic heterocycles. The Morgan fingerprint density at radius 3 is 0.960 bits per heavy atom. The van der Waals surface area contributed by atoms with Crippen molar-refractivity contribution in [2.75, 3.05) is 28.4 Å². The van der Waals surface area contributed by atoms with Gasteiger partial charge in [0.05, 0.1) is 73.8 Å².